The van der Waals surface area contributed by atoms with Crippen molar-refractivity contribution in [3.05, 3.63) is 24.3 Å². The molecule has 0 amide bonds. The van der Waals surface area contributed by atoms with Gasteiger partial charge in [-0.25, -0.2) is 0 Å². The summed E-state index contributed by atoms with van der Waals surface area (Å²) in [5.41, 5.74) is 0. The van der Waals surface area contributed by atoms with Crippen LogP contribution in [0.4, 0.5) is 0 Å². The molecule has 1 aromatic rings. The summed E-state index contributed by atoms with van der Waals surface area (Å²) < 4.78 is 0. The summed E-state index contributed by atoms with van der Waals surface area (Å²) >= 11 is 0. The number of hydrogen-bond acceptors (Lipinski definition) is 3. The van der Waals surface area contributed by atoms with Crippen molar-refractivity contribution in [3.63, 3.8) is 0 Å². The van der Waals surface area contributed by atoms with Crippen LogP contribution in [-0.2, 0) is 0 Å². The maximum Gasteiger partial charge on any atom is 1.00 e. The molecule has 3 nitrogen and oxygen atoms in total. The molecule has 0 aliphatic carbocycles. The quantitative estimate of drug-likeness (QED) is 0.343. The molecule has 0 unspecified atom stereocenters. The number of benzene rings is 1. The van der Waals surface area contributed by atoms with E-state index in [4.69, 9.17) is 10.2 Å². The molecule has 0 bridgehead atoms. The minimum Gasteiger partial charge on any atom is -0.870 e. The van der Waals surface area contributed by atoms with Gasteiger partial charge < -0.3 is 15.7 Å². The van der Waals surface area contributed by atoms with E-state index in [1.807, 2.05) is 0 Å². The number of rotatable bonds is 0. The van der Waals surface area contributed by atoms with Crippen LogP contribution >= 0.6 is 0 Å². The van der Waals surface area contributed by atoms with Gasteiger partial charge in [-0.05, 0) is 24.3 Å². The van der Waals surface area contributed by atoms with E-state index in [1.54, 1.807) is 0 Å². The average Bonchev–Trinajstić information content (AvgIpc) is 1.77. The largest absolute Gasteiger partial charge is 1.00 e. The summed E-state index contributed by atoms with van der Waals surface area (Å²) in [5, 5.41) is 17.3. The fourth-order valence-electron chi connectivity index (χ4n) is 0.453. The van der Waals surface area contributed by atoms with Crippen LogP contribution in [0.1, 0.15) is 0 Å². The van der Waals surface area contributed by atoms with Crippen LogP contribution in [0.15, 0.2) is 24.3 Å². The Bertz CT molecular complexity index is 152. The second-order valence-electron chi connectivity index (χ2n) is 1.52. The van der Waals surface area contributed by atoms with Crippen LogP contribution in [0.2, 0.25) is 0 Å². The molecular formula is C6H7KO3. The summed E-state index contributed by atoms with van der Waals surface area (Å²) in [6.45, 7) is 0. The van der Waals surface area contributed by atoms with E-state index >= 15 is 0 Å². The van der Waals surface area contributed by atoms with Gasteiger partial charge >= 0.3 is 51.4 Å². The molecule has 1 aromatic carbocycles. The Kier molecular flexibility index (Phi) is 8.02. The first-order valence-electron chi connectivity index (χ1n) is 2.27. The monoisotopic (exact) mass is 166 g/mol. The molecular weight excluding hydrogens is 159 g/mol. The number of phenols is 2. The maximum atomic E-state index is 8.65. The zero-order chi connectivity index (χ0) is 5.98. The van der Waals surface area contributed by atoms with E-state index in [9.17, 15) is 0 Å². The Morgan fingerprint density at radius 2 is 1.00 bits per heavy atom. The molecule has 0 saturated carbocycles. The zero-order valence-electron chi connectivity index (χ0n) is 5.65. The molecule has 4 heteroatoms. The van der Waals surface area contributed by atoms with Crippen LogP contribution in [0.3, 0.4) is 0 Å². The summed E-state index contributed by atoms with van der Waals surface area (Å²) in [6.07, 6.45) is 0. The van der Waals surface area contributed by atoms with Crippen LogP contribution in [0.5, 0.6) is 11.5 Å². The molecule has 0 saturated heterocycles. The van der Waals surface area contributed by atoms with Gasteiger partial charge in [-0.3, -0.25) is 0 Å². The Morgan fingerprint density at radius 3 is 1.20 bits per heavy atom. The summed E-state index contributed by atoms with van der Waals surface area (Å²) in [6, 6.07) is 5.70. The second-order valence-corrected chi connectivity index (χ2v) is 1.52. The molecule has 0 aliphatic heterocycles. The van der Waals surface area contributed by atoms with Gasteiger partial charge in [0.25, 0.3) is 0 Å². The van der Waals surface area contributed by atoms with Crippen molar-refractivity contribution in [1.82, 2.24) is 0 Å². The topological polar surface area (TPSA) is 70.5 Å². The van der Waals surface area contributed by atoms with Gasteiger partial charge in [-0.1, -0.05) is 0 Å². The SMILES string of the molecule is Oc1ccc(O)cc1.[K+].[OH-]. The van der Waals surface area contributed by atoms with Crippen LogP contribution in [0, 0.1) is 0 Å². The molecule has 0 heterocycles. The first-order valence-corrected chi connectivity index (χ1v) is 2.27. The third kappa shape index (κ3) is 4.27. The van der Waals surface area contributed by atoms with E-state index in [0.29, 0.717) is 0 Å². The van der Waals surface area contributed by atoms with Gasteiger partial charge in [0.1, 0.15) is 11.5 Å². The molecule has 0 aliphatic rings. The van der Waals surface area contributed by atoms with Gasteiger partial charge in [-0.15, -0.1) is 0 Å². The van der Waals surface area contributed by atoms with Gasteiger partial charge in [-0.2, -0.15) is 0 Å². The Morgan fingerprint density at radius 1 is 0.800 bits per heavy atom. The first-order chi connectivity index (χ1) is 3.79. The first kappa shape index (κ1) is 13.0. The molecule has 0 aromatic heterocycles. The maximum absolute atomic E-state index is 8.65. The molecule has 0 radical (unpaired) electrons. The minimum atomic E-state index is 0. The Labute approximate surface area is 101 Å². The predicted octanol–water partition coefficient (Wildman–Crippen LogP) is -2.08. The smallest absolute Gasteiger partial charge is 0.870 e. The van der Waals surface area contributed by atoms with Crippen molar-refractivity contribution >= 4 is 0 Å². The standard InChI is InChI=1S/C6H6O2.K.H2O/c7-5-1-2-6(8)4-3-5;;/h1-4,7-8H;;1H2/q;+1;/p-1. The fourth-order valence-corrected chi connectivity index (χ4v) is 0.453. The van der Waals surface area contributed by atoms with Crippen molar-refractivity contribution in [1.29, 1.82) is 0 Å². The third-order valence-corrected chi connectivity index (χ3v) is 0.850. The molecule has 10 heavy (non-hydrogen) atoms. The van der Waals surface area contributed by atoms with Crippen molar-refractivity contribution in [3.8, 4) is 11.5 Å². The minimum absolute atomic E-state index is 0. The molecule has 0 spiro atoms. The predicted molar refractivity (Wildman–Crippen MR) is 31.7 cm³/mol. The van der Waals surface area contributed by atoms with Gasteiger partial charge in [0.2, 0.25) is 0 Å². The van der Waals surface area contributed by atoms with E-state index in [2.05, 4.69) is 0 Å². The summed E-state index contributed by atoms with van der Waals surface area (Å²) in [7, 11) is 0. The van der Waals surface area contributed by atoms with Crippen molar-refractivity contribution < 1.29 is 67.1 Å². The fraction of sp³-hybridized carbons (Fsp3) is 0. The Balaban J connectivity index is 0. The zero-order valence-corrected chi connectivity index (χ0v) is 8.77. The normalized spacial score (nSPS) is 7.20. The Hall–Kier alpha value is 0.416. The van der Waals surface area contributed by atoms with Crippen LogP contribution in [-0.4, -0.2) is 15.7 Å². The van der Waals surface area contributed by atoms with E-state index < -0.39 is 0 Å². The number of aromatic hydroxyl groups is 2. The molecule has 0 fully saturated rings. The van der Waals surface area contributed by atoms with Crippen molar-refractivity contribution in [2.75, 3.05) is 0 Å². The van der Waals surface area contributed by atoms with Gasteiger partial charge in [0, 0.05) is 0 Å². The van der Waals surface area contributed by atoms with E-state index in [1.165, 1.54) is 24.3 Å². The third-order valence-electron chi connectivity index (χ3n) is 0.850. The van der Waals surface area contributed by atoms with E-state index in [0.717, 1.165) is 0 Å². The molecule has 50 valence electrons. The number of phenolic OH excluding ortho intramolecular Hbond substituents is 2. The van der Waals surface area contributed by atoms with Gasteiger partial charge in [0.15, 0.2) is 0 Å². The van der Waals surface area contributed by atoms with Crippen molar-refractivity contribution in [2.45, 2.75) is 0 Å². The summed E-state index contributed by atoms with van der Waals surface area (Å²) in [4.78, 5) is 0. The summed E-state index contributed by atoms with van der Waals surface area (Å²) in [5.74, 6) is 0.339. The average molecular weight is 166 g/mol. The molecule has 1 rings (SSSR count). The second kappa shape index (κ2) is 6.15. The molecule has 0 atom stereocenters. The van der Waals surface area contributed by atoms with Crippen molar-refractivity contribution in [2.24, 2.45) is 0 Å². The molecule has 3 N–H and O–H groups in total. The van der Waals surface area contributed by atoms with Crippen LogP contribution < -0.4 is 51.4 Å². The van der Waals surface area contributed by atoms with Crippen LogP contribution in [0.25, 0.3) is 0 Å². The van der Waals surface area contributed by atoms with E-state index in [-0.39, 0.29) is 68.4 Å². The van der Waals surface area contributed by atoms with Gasteiger partial charge in [0.05, 0.1) is 0 Å². The number of hydrogen-bond donors (Lipinski definition) is 2.